The van der Waals surface area contributed by atoms with Crippen LogP contribution in [0.15, 0.2) is 67.3 Å². The molecule has 4 rings (SSSR count). The number of nitrogens with zero attached hydrogens (tertiary/aromatic N) is 4. The molecule has 4 aromatic rings. The average Bonchev–Trinajstić information content (AvgIpc) is 3.36. The van der Waals surface area contributed by atoms with Crippen molar-refractivity contribution in [2.24, 2.45) is 7.05 Å². The van der Waals surface area contributed by atoms with Gasteiger partial charge in [0.1, 0.15) is 17.6 Å². The number of hydrogen-bond donors (Lipinski definition) is 2. The highest BCUT2D eigenvalue weighted by Crippen LogP contribution is 2.34. The van der Waals surface area contributed by atoms with Crippen LogP contribution in [0.5, 0.6) is 0 Å². The number of alkyl halides is 3. The maximum Gasteiger partial charge on any atom is 0.416 e. The quantitative estimate of drug-likeness (QED) is 0.274. The van der Waals surface area contributed by atoms with Gasteiger partial charge in [-0.15, -0.1) is 0 Å². The molecule has 2 aromatic heterocycles. The molecule has 2 heterocycles. The second kappa shape index (κ2) is 12.0. The molecule has 2 aromatic carbocycles. The molecule has 0 aliphatic heterocycles. The fourth-order valence-corrected chi connectivity index (χ4v) is 4.16. The van der Waals surface area contributed by atoms with Gasteiger partial charge in [-0.05, 0) is 68.1 Å². The van der Waals surface area contributed by atoms with Crippen molar-refractivity contribution < 1.29 is 27.5 Å². The van der Waals surface area contributed by atoms with E-state index >= 15 is 0 Å². The van der Waals surface area contributed by atoms with Crippen LogP contribution in [-0.4, -0.2) is 37.3 Å². The van der Waals surface area contributed by atoms with Crippen LogP contribution < -0.4 is 10.6 Å². The predicted molar refractivity (Wildman–Crippen MR) is 150 cm³/mol. The van der Waals surface area contributed by atoms with E-state index in [1.54, 1.807) is 82.1 Å². The number of halogens is 3. The number of alkyl carbamates (subject to hydrolysis) is 1. The molecule has 0 fully saturated rings. The van der Waals surface area contributed by atoms with E-state index in [9.17, 15) is 22.8 Å². The van der Waals surface area contributed by atoms with Gasteiger partial charge >= 0.3 is 12.3 Å². The van der Waals surface area contributed by atoms with Gasteiger partial charge in [-0.25, -0.2) is 14.8 Å². The van der Waals surface area contributed by atoms with Crippen LogP contribution in [0.4, 0.5) is 18.0 Å². The molecular weight excluding hydrogens is 549 g/mol. The van der Waals surface area contributed by atoms with Crippen LogP contribution in [0.1, 0.15) is 60.9 Å². The molecule has 0 saturated carbocycles. The molecule has 0 aliphatic carbocycles. The molecular formula is C30H31F3N6O3. The molecule has 2 N–H and O–H groups in total. The zero-order chi connectivity index (χ0) is 30.7. The monoisotopic (exact) mass is 580 g/mol. The Bertz CT molecular complexity index is 1580. The van der Waals surface area contributed by atoms with E-state index in [1.807, 2.05) is 0 Å². The number of aryl methyl sites for hydroxylation is 1. The van der Waals surface area contributed by atoms with Gasteiger partial charge in [-0.1, -0.05) is 30.3 Å². The number of amides is 2. The molecule has 0 unspecified atom stereocenters. The molecule has 0 spiro atoms. The zero-order valence-electron chi connectivity index (χ0n) is 23.8. The maximum absolute atomic E-state index is 13.5. The number of hydrogen-bond acceptors (Lipinski definition) is 6. The van der Waals surface area contributed by atoms with Crippen molar-refractivity contribution in [3.8, 4) is 22.4 Å². The fourth-order valence-electron chi connectivity index (χ4n) is 4.16. The van der Waals surface area contributed by atoms with Gasteiger partial charge in [0.25, 0.3) is 5.91 Å². The van der Waals surface area contributed by atoms with Crippen molar-refractivity contribution in [2.75, 3.05) is 0 Å². The first-order valence-electron chi connectivity index (χ1n) is 13.1. The van der Waals surface area contributed by atoms with Crippen molar-refractivity contribution in [3.05, 3.63) is 89.6 Å². The summed E-state index contributed by atoms with van der Waals surface area (Å²) in [6.07, 6.45) is -0.497. The number of aromatic nitrogens is 4. The molecule has 0 bridgehead atoms. The lowest BCUT2D eigenvalue weighted by molar-refractivity contribution is -0.137. The van der Waals surface area contributed by atoms with Crippen molar-refractivity contribution in [2.45, 2.75) is 52.1 Å². The van der Waals surface area contributed by atoms with Gasteiger partial charge in [0.2, 0.25) is 0 Å². The summed E-state index contributed by atoms with van der Waals surface area (Å²) in [5, 5.41) is 9.60. The summed E-state index contributed by atoms with van der Waals surface area (Å²) >= 11 is 0. The Labute approximate surface area is 241 Å². The highest BCUT2D eigenvalue weighted by molar-refractivity contribution is 5.93. The molecule has 42 heavy (non-hydrogen) atoms. The van der Waals surface area contributed by atoms with Gasteiger partial charge < -0.3 is 15.4 Å². The van der Waals surface area contributed by atoms with Crippen molar-refractivity contribution in [3.63, 3.8) is 0 Å². The van der Waals surface area contributed by atoms with Crippen LogP contribution in [-0.2, 0) is 24.5 Å². The Morgan fingerprint density at radius 3 is 2.33 bits per heavy atom. The zero-order valence-corrected chi connectivity index (χ0v) is 23.8. The maximum atomic E-state index is 13.5. The summed E-state index contributed by atoms with van der Waals surface area (Å²) in [6, 6.07) is 11.3. The van der Waals surface area contributed by atoms with Gasteiger partial charge in [0.15, 0.2) is 0 Å². The van der Waals surface area contributed by atoms with Crippen molar-refractivity contribution in [1.82, 2.24) is 30.4 Å². The first-order valence-corrected chi connectivity index (χ1v) is 13.1. The Hall–Kier alpha value is -4.74. The number of carbonyl (C=O) groups excluding carboxylic acids is 2. The minimum absolute atomic E-state index is 0.0312. The van der Waals surface area contributed by atoms with E-state index in [-0.39, 0.29) is 12.2 Å². The third-order valence-electron chi connectivity index (χ3n) is 6.23. The Kier molecular flexibility index (Phi) is 8.64. The standard InChI is InChI=1S/C30H31F3N6O3/c1-18(38-27(40)26-13-25(35-17-36-26)22-15-37-39(5)16-22)19-6-8-20(9-7-19)24-12-23(30(31,32)33)11-10-21(24)14-34-28(41)42-29(2,3)4/h6-13,15-18H,14H2,1-5H3,(H,34,41)(H,38,40)/t18-/m1/s1. The predicted octanol–water partition coefficient (Wildman–Crippen LogP) is 6.08. The number of carbonyl (C=O) groups is 2. The third kappa shape index (κ3) is 7.71. The fraction of sp³-hybridized carbons (Fsp3) is 0.300. The van der Waals surface area contributed by atoms with Crippen LogP contribution >= 0.6 is 0 Å². The Balaban J connectivity index is 1.51. The van der Waals surface area contributed by atoms with Gasteiger partial charge in [0.05, 0.1) is 23.5 Å². The number of nitrogens with one attached hydrogen (secondary N) is 2. The number of rotatable bonds is 7. The molecule has 220 valence electrons. The summed E-state index contributed by atoms with van der Waals surface area (Å²) in [5.41, 5.74) is 1.99. The SMILES string of the molecule is C[C@@H](NC(=O)c1cc(-c2cnn(C)c2)ncn1)c1ccc(-c2cc(C(F)(F)F)ccc2CNC(=O)OC(C)(C)C)cc1. The van der Waals surface area contributed by atoms with E-state index in [2.05, 4.69) is 25.7 Å². The van der Waals surface area contributed by atoms with Crippen LogP contribution in [0.3, 0.4) is 0 Å². The molecule has 0 saturated heterocycles. The smallest absolute Gasteiger partial charge is 0.416 e. The van der Waals surface area contributed by atoms with Crippen molar-refractivity contribution in [1.29, 1.82) is 0 Å². The molecule has 12 heteroatoms. The van der Waals surface area contributed by atoms with E-state index in [4.69, 9.17) is 4.74 Å². The topological polar surface area (TPSA) is 111 Å². The normalized spacial score (nSPS) is 12.5. The highest BCUT2D eigenvalue weighted by Gasteiger charge is 2.31. The Morgan fingerprint density at radius 1 is 1.00 bits per heavy atom. The highest BCUT2D eigenvalue weighted by atomic mass is 19.4. The molecule has 2 amide bonds. The minimum atomic E-state index is -4.54. The summed E-state index contributed by atoms with van der Waals surface area (Å²) in [4.78, 5) is 33.4. The Morgan fingerprint density at radius 2 is 1.71 bits per heavy atom. The van der Waals surface area contributed by atoms with Gasteiger partial charge in [0, 0.05) is 25.4 Å². The largest absolute Gasteiger partial charge is 0.444 e. The first-order chi connectivity index (χ1) is 19.7. The van der Waals surface area contributed by atoms with Crippen LogP contribution in [0, 0.1) is 0 Å². The van der Waals surface area contributed by atoms with E-state index in [0.717, 1.165) is 23.3 Å². The third-order valence-corrected chi connectivity index (χ3v) is 6.23. The van der Waals surface area contributed by atoms with Crippen LogP contribution in [0.2, 0.25) is 0 Å². The summed E-state index contributed by atoms with van der Waals surface area (Å²) in [6.45, 7) is 6.91. The van der Waals surface area contributed by atoms with E-state index < -0.39 is 35.4 Å². The number of ether oxygens (including phenoxy) is 1. The van der Waals surface area contributed by atoms with Gasteiger partial charge in [-0.3, -0.25) is 9.48 Å². The second-order valence-electron chi connectivity index (χ2n) is 10.7. The average molecular weight is 581 g/mol. The molecule has 0 aliphatic rings. The minimum Gasteiger partial charge on any atom is -0.444 e. The summed E-state index contributed by atoms with van der Waals surface area (Å²) < 4.78 is 47.4. The van der Waals surface area contributed by atoms with E-state index in [0.29, 0.717) is 22.4 Å². The molecule has 0 radical (unpaired) electrons. The van der Waals surface area contributed by atoms with Gasteiger partial charge in [-0.2, -0.15) is 18.3 Å². The van der Waals surface area contributed by atoms with Crippen molar-refractivity contribution >= 4 is 12.0 Å². The first kappa shape index (κ1) is 30.2. The van der Waals surface area contributed by atoms with E-state index in [1.165, 1.54) is 12.4 Å². The lowest BCUT2D eigenvalue weighted by Gasteiger charge is -2.20. The summed E-state index contributed by atoms with van der Waals surface area (Å²) in [7, 11) is 1.78. The summed E-state index contributed by atoms with van der Waals surface area (Å²) in [5.74, 6) is -0.410. The van der Waals surface area contributed by atoms with Crippen LogP contribution in [0.25, 0.3) is 22.4 Å². The number of benzene rings is 2. The second-order valence-corrected chi connectivity index (χ2v) is 10.7. The lowest BCUT2D eigenvalue weighted by atomic mass is 9.95. The lowest BCUT2D eigenvalue weighted by Crippen LogP contribution is -2.32. The molecule has 1 atom stereocenters. The molecule has 9 nitrogen and oxygen atoms in total.